The van der Waals surface area contributed by atoms with Gasteiger partial charge in [-0.1, -0.05) is 22.7 Å². The van der Waals surface area contributed by atoms with Crippen LogP contribution in [-0.4, -0.2) is 21.5 Å². The summed E-state index contributed by atoms with van der Waals surface area (Å²) in [5, 5.41) is 4.98. The highest BCUT2D eigenvalue weighted by Crippen LogP contribution is 2.01. The van der Waals surface area contributed by atoms with E-state index in [0.29, 0.717) is 5.56 Å². The lowest BCUT2D eigenvalue weighted by Gasteiger charge is -2.03. The average Bonchev–Trinajstić information content (AvgIpc) is 2.90. The Hall–Kier alpha value is -2.28. The molecule has 2 aromatic rings. The van der Waals surface area contributed by atoms with Crippen LogP contribution in [-0.2, 0) is 4.84 Å². The first-order chi connectivity index (χ1) is 8.27. The molecule has 86 valence electrons. The van der Waals surface area contributed by atoms with Crippen LogP contribution in [0.25, 0.3) is 0 Å². The lowest BCUT2D eigenvalue weighted by atomic mass is 10.2. The lowest BCUT2D eigenvalue weighted by Crippen LogP contribution is -2.27. The summed E-state index contributed by atoms with van der Waals surface area (Å²) in [7, 11) is 0. The van der Waals surface area contributed by atoms with Gasteiger partial charge in [0.1, 0.15) is 0 Å². The smallest absolute Gasteiger partial charge is 0.335 e. The molecule has 2 rings (SSSR count). The third-order valence-corrected chi connectivity index (χ3v) is 2.34. The quantitative estimate of drug-likeness (QED) is 0.804. The zero-order chi connectivity index (χ0) is 12.1. The SMILES string of the molecule is O=C(ONC(=O)c1csnn1)c1ccccc1. The number of carbonyl (C=O) groups is 2. The lowest BCUT2D eigenvalue weighted by molar-refractivity contribution is 0.0228. The fourth-order valence-electron chi connectivity index (χ4n) is 1.04. The summed E-state index contributed by atoms with van der Waals surface area (Å²) >= 11 is 1.04. The zero-order valence-corrected chi connectivity index (χ0v) is 9.31. The van der Waals surface area contributed by atoms with Crippen molar-refractivity contribution in [2.24, 2.45) is 0 Å². The Bertz CT molecular complexity index is 513. The molecule has 6 nitrogen and oxygen atoms in total. The van der Waals surface area contributed by atoms with Gasteiger partial charge in [-0.3, -0.25) is 4.79 Å². The number of benzene rings is 1. The van der Waals surface area contributed by atoms with Gasteiger partial charge in [0, 0.05) is 5.38 Å². The van der Waals surface area contributed by atoms with E-state index < -0.39 is 11.9 Å². The molecule has 7 heteroatoms. The van der Waals surface area contributed by atoms with E-state index in [1.165, 1.54) is 5.38 Å². The summed E-state index contributed by atoms with van der Waals surface area (Å²) in [6.45, 7) is 0. The van der Waals surface area contributed by atoms with Gasteiger partial charge in [-0.15, -0.1) is 5.10 Å². The molecule has 1 aromatic heterocycles. The minimum atomic E-state index is -0.637. The third kappa shape index (κ3) is 2.85. The first kappa shape index (κ1) is 11.2. The van der Waals surface area contributed by atoms with Crippen LogP contribution in [0.2, 0.25) is 0 Å². The number of nitrogens with zero attached hydrogens (tertiary/aromatic N) is 2. The Morgan fingerprint density at radius 3 is 2.65 bits per heavy atom. The molecule has 0 spiro atoms. The number of rotatable bonds is 2. The van der Waals surface area contributed by atoms with Gasteiger partial charge >= 0.3 is 11.9 Å². The predicted octanol–water partition coefficient (Wildman–Crippen LogP) is 1.04. The highest BCUT2D eigenvalue weighted by Gasteiger charge is 2.12. The van der Waals surface area contributed by atoms with Gasteiger partial charge in [0.25, 0.3) is 0 Å². The van der Waals surface area contributed by atoms with Gasteiger partial charge in [-0.2, -0.15) is 5.48 Å². The summed E-state index contributed by atoms with van der Waals surface area (Å²) in [4.78, 5) is 27.4. The van der Waals surface area contributed by atoms with E-state index in [2.05, 4.69) is 14.4 Å². The second-order valence-corrected chi connectivity index (χ2v) is 3.59. The Balaban J connectivity index is 1.91. The molecule has 1 heterocycles. The highest BCUT2D eigenvalue weighted by molar-refractivity contribution is 7.03. The molecule has 0 aliphatic heterocycles. The van der Waals surface area contributed by atoms with Crippen molar-refractivity contribution in [3.63, 3.8) is 0 Å². The van der Waals surface area contributed by atoms with Crippen LogP contribution in [0.4, 0.5) is 0 Å². The summed E-state index contributed by atoms with van der Waals surface area (Å²) in [6.07, 6.45) is 0. The van der Waals surface area contributed by atoms with Crippen LogP contribution in [0, 0.1) is 0 Å². The van der Waals surface area contributed by atoms with E-state index in [1.54, 1.807) is 30.3 Å². The second-order valence-electron chi connectivity index (χ2n) is 2.98. The van der Waals surface area contributed by atoms with Crippen LogP contribution in [0.5, 0.6) is 0 Å². The summed E-state index contributed by atoms with van der Waals surface area (Å²) < 4.78 is 3.52. The van der Waals surface area contributed by atoms with Crippen molar-refractivity contribution >= 4 is 23.4 Å². The standard InChI is InChI=1S/C10H7N3O3S/c14-9(8-6-17-13-11-8)12-16-10(15)7-4-2-1-3-5-7/h1-6H,(H,12,14). The van der Waals surface area contributed by atoms with Gasteiger partial charge in [-0.25, -0.2) is 4.79 Å². The van der Waals surface area contributed by atoms with Gasteiger partial charge in [0.05, 0.1) is 5.56 Å². The van der Waals surface area contributed by atoms with Crippen molar-refractivity contribution in [2.75, 3.05) is 0 Å². The molecule has 0 bridgehead atoms. The molecular formula is C10H7N3O3S. The number of amides is 1. The highest BCUT2D eigenvalue weighted by atomic mass is 32.1. The molecule has 0 saturated heterocycles. The van der Waals surface area contributed by atoms with Crippen molar-refractivity contribution in [1.82, 2.24) is 15.1 Å². The molecule has 1 N–H and O–H groups in total. The van der Waals surface area contributed by atoms with E-state index >= 15 is 0 Å². The van der Waals surface area contributed by atoms with Crippen molar-refractivity contribution < 1.29 is 14.4 Å². The van der Waals surface area contributed by atoms with Crippen LogP contribution in [0.1, 0.15) is 20.8 Å². The molecule has 17 heavy (non-hydrogen) atoms. The number of carbonyl (C=O) groups excluding carboxylic acids is 2. The topological polar surface area (TPSA) is 81.2 Å². The van der Waals surface area contributed by atoms with Crippen LogP contribution in [0.15, 0.2) is 35.7 Å². The van der Waals surface area contributed by atoms with Gasteiger partial charge in [-0.05, 0) is 23.7 Å². The molecule has 0 fully saturated rings. The zero-order valence-electron chi connectivity index (χ0n) is 8.49. The van der Waals surface area contributed by atoms with Crippen LogP contribution in [0.3, 0.4) is 0 Å². The molecule has 1 amide bonds. The van der Waals surface area contributed by atoms with Crippen LogP contribution >= 0.6 is 11.5 Å². The molecule has 0 atom stereocenters. The van der Waals surface area contributed by atoms with E-state index in [9.17, 15) is 9.59 Å². The largest absolute Gasteiger partial charge is 0.362 e. The van der Waals surface area contributed by atoms with Crippen molar-refractivity contribution in [2.45, 2.75) is 0 Å². The molecule has 0 aliphatic rings. The van der Waals surface area contributed by atoms with Gasteiger partial charge in [0.2, 0.25) is 0 Å². The van der Waals surface area contributed by atoms with E-state index in [4.69, 9.17) is 0 Å². The van der Waals surface area contributed by atoms with E-state index in [-0.39, 0.29) is 5.69 Å². The molecule has 0 aliphatic carbocycles. The fraction of sp³-hybridized carbons (Fsp3) is 0. The Labute approximate surface area is 100 Å². The summed E-state index contributed by atoms with van der Waals surface area (Å²) in [5.74, 6) is -1.25. The number of hydrogen-bond acceptors (Lipinski definition) is 6. The normalized spacial score (nSPS) is 9.65. The maximum Gasteiger partial charge on any atom is 0.362 e. The number of hydroxylamine groups is 1. The van der Waals surface area contributed by atoms with Crippen LogP contribution < -0.4 is 5.48 Å². The Morgan fingerprint density at radius 2 is 2.00 bits per heavy atom. The van der Waals surface area contributed by atoms with Crippen molar-refractivity contribution in [1.29, 1.82) is 0 Å². The monoisotopic (exact) mass is 249 g/mol. The molecule has 0 unspecified atom stereocenters. The summed E-state index contributed by atoms with van der Waals surface area (Å²) in [6, 6.07) is 8.33. The van der Waals surface area contributed by atoms with Gasteiger partial charge < -0.3 is 4.84 Å². The number of aromatic nitrogens is 2. The molecule has 0 saturated carbocycles. The number of hydrogen-bond donors (Lipinski definition) is 1. The molecule has 1 aromatic carbocycles. The van der Waals surface area contributed by atoms with Gasteiger partial charge in [0.15, 0.2) is 5.69 Å². The minimum absolute atomic E-state index is 0.107. The van der Waals surface area contributed by atoms with Crippen molar-refractivity contribution in [3.8, 4) is 0 Å². The molecule has 0 radical (unpaired) electrons. The number of nitrogens with one attached hydrogen (secondary N) is 1. The second kappa shape index (κ2) is 5.17. The average molecular weight is 249 g/mol. The first-order valence-corrected chi connectivity index (χ1v) is 5.44. The maximum absolute atomic E-state index is 11.4. The predicted molar refractivity (Wildman–Crippen MR) is 59.2 cm³/mol. The Kier molecular flexibility index (Phi) is 3.41. The van der Waals surface area contributed by atoms with E-state index in [1.807, 2.05) is 5.48 Å². The third-order valence-electron chi connectivity index (χ3n) is 1.84. The first-order valence-electron chi connectivity index (χ1n) is 4.61. The maximum atomic E-state index is 11.4. The van der Waals surface area contributed by atoms with E-state index in [0.717, 1.165) is 11.5 Å². The summed E-state index contributed by atoms with van der Waals surface area (Å²) in [5.41, 5.74) is 2.46. The Morgan fingerprint density at radius 1 is 1.24 bits per heavy atom. The minimum Gasteiger partial charge on any atom is -0.335 e. The molecular weight excluding hydrogens is 242 g/mol. The fourth-order valence-corrected chi connectivity index (χ4v) is 1.48. The van der Waals surface area contributed by atoms with Crippen molar-refractivity contribution in [3.05, 3.63) is 47.0 Å².